The maximum atomic E-state index is 12.8. The minimum atomic E-state index is -3.35. The number of hydrogen-bond acceptors (Lipinski definition) is 4. The Bertz CT molecular complexity index is 771. The summed E-state index contributed by atoms with van der Waals surface area (Å²) in [4.78, 5) is 2.42. The van der Waals surface area contributed by atoms with Gasteiger partial charge in [-0.3, -0.25) is 4.90 Å². The van der Waals surface area contributed by atoms with Gasteiger partial charge >= 0.3 is 0 Å². The average molecular weight is 334 g/mol. The Hall–Kier alpha value is -1.21. The molecule has 2 aliphatic heterocycles. The molecule has 0 radical (unpaired) electrons. The van der Waals surface area contributed by atoms with Gasteiger partial charge in [0.25, 0.3) is 10.0 Å². The van der Waals surface area contributed by atoms with E-state index in [0.29, 0.717) is 17.3 Å². The standard InChI is InChI=1S/C16H18N2O2S2/c19-22(20,16-6-3-11-21-16)18-10-9-17-8-7-13-4-1-2-5-14(13)15(17)12-18/h1-6,11,15H,7-10,12H2. The second-order valence-corrected chi connectivity index (χ2v) is 8.91. The van der Waals surface area contributed by atoms with Crippen LogP contribution in [0.5, 0.6) is 0 Å². The van der Waals surface area contributed by atoms with Crippen LogP contribution in [0.3, 0.4) is 0 Å². The second-order valence-electron chi connectivity index (χ2n) is 5.80. The molecule has 1 atom stereocenters. The third kappa shape index (κ3) is 2.31. The molecule has 1 aromatic carbocycles. The molecular weight excluding hydrogens is 316 g/mol. The minimum absolute atomic E-state index is 0.188. The Morgan fingerprint density at radius 3 is 2.73 bits per heavy atom. The summed E-state index contributed by atoms with van der Waals surface area (Å²) >= 11 is 1.30. The van der Waals surface area contributed by atoms with E-state index in [1.165, 1.54) is 22.5 Å². The first kappa shape index (κ1) is 14.4. The van der Waals surface area contributed by atoms with Crippen LogP contribution in [0, 0.1) is 0 Å². The maximum Gasteiger partial charge on any atom is 0.252 e. The summed E-state index contributed by atoms with van der Waals surface area (Å²) in [5, 5.41) is 1.82. The van der Waals surface area contributed by atoms with Crippen molar-refractivity contribution in [2.75, 3.05) is 26.2 Å². The first-order valence-electron chi connectivity index (χ1n) is 7.52. The fourth-order valence-electron chi connectivity index (χ4n) is 3.46. The van der Waals surface area contributed by atoms with Gasteiger partial charge in [0.1, 0.15) is 4.21 Å². The summed E-state index contributed by atoms with van der Waals surface area (Å²) in [6.45, 7) is 2.97. The molecule has 1 saturated heterocycles. The quantitative estimate of drug-likeness (QED) is 0.846. The van der Waals surface area contributed by atoms with Gasteiger partial charge in [0.05, 0.1) is 0 Å². The van der Waals surface area contributed by atoms with Crippen LogP contribution < -0.4 is 0 Å². The zero-order valence-electron chi connectivity index (χ0n) is 12.2. The lowest BCUT2D eigenvalue weighted by atomic mass is 9.91. The topological polar surface area (TPSA) is 40.6 Å². The van der Waals surface area contributed by atoms with Crippen molar-refractivity contribution in [1.82, 2.24) is 9.21 Å². The zero-order chi connectivity index (χ0) is 15.2. The number of hydrogen-bond donors (Lipinski definition) is 0. The predicted octanol–water partition coefficient (Wildman–Crippen LogP) is 2.35. The summed E-state index contributed by atoms with van der Waals surface area (Å²) in [5.41, 5.74) is 2.65. The van der Waals surface area contributed by atoms with Gasteiger partial charge in [-0.2, -0.15) is 4.31 Å². The van der Waals surface area contributed by atoms with Crippen molar-refractivity contribution < 1.29 is 8.42 Å². The Morgan fingerprint density at radius 1 is 1.05 bits per heavy atom. The average Bonchev–Trinajstić information content (AvgIpc) is 3.09. The van der Waals surface area contributed by atoms with Gasteiger partial charge in [0, 0.05) is 32.2 Å². The third-order valence-electron chi connectivity index (χ3n) is 4.63. The molecule has 22 heavy (non-hydrogen) atoms. The summed E-state index contributed by atoms with van der Waals surface area (Å²) in [7, 11) is -3.35. The molecule has 1 unspecified atom stereocenters. The normalized spacial score (nSPS) is 23.0. The van der Waals surface area contributed by atoms with Crippen molar-refractivity contribution in [3.05, 3.63) is 52.9 Å². The molecule has 6 heteroatoms. The first-order valence-corrected chi connectivity index (χ1v) is 9.84. The summed E-state index contributed by atoms with van der Waals surface area (Å²) in [6, 6.07) is 12.1. The van der Waals surface area contributed by atoms with E-state index >= 15 is 0 Å². The van der Waals surface area contributed by atoms with Crippen LogP contribution in [-0.2, 0) is 16.4 Å². The zero-order valence-corrected chi connectivity index (χ0v) is 13.8. The number of nitrogens with zero attached hydrogens (tertiary/aromatic N) is 2. The van der Waals surface area contributed by atoms with E-state index in [1.807, 2.05) is 5.38 Å². The molecule has 0 amide bonds. The van der Waals surface area contributed by atoms with Crippen LogP contribution in [0.2, 0.25) is 0 Å². The highest BCUT2D eigenvalue weighted by molar-refractivity contribution is 7.91. The minimum Gasteiger partial charge on any atom is -0.293 e. The molecule has 0 aliphatic carbocycles. The van der Waals surface area contributed by atoms with Crippen molar-refractivity contribution >= 4 is 21.4 Å². The molecule has 4 nitrogen and oxygen atoms in total. The summed E-state index contributed by atoms with van der Waals surface area (Å²) < 4.78 is 27.6. The van der Waals surface area contributed by atoms with Crippen molar-refractivity contribution in [2.45, 2.75) is 16.7 Å². The molecule has 3 heterocycles. The Kier molecular flexibility index (Phi) is 3.57. The molecule has 0 spiro atoms. The molecule has 1 aromatic heterocycles. The van der Waals surface area contributed by atoms with E-state index in [2.05, 4.69) is 29.2 Å². The Morgan fingerprint density at radius 2 is 1.91 bits per heavy atom. The molecule has 0 N–H and O–H groups in total. The van der Waals surface area contributed by atoms with Gasteiger partial charge in [-0.25, -0.2) is 8.42 Å². The molecule has 2 aromatic rings. The van der Waals surface area contributed by atoms with Gasteiger partial charge in [-0.05, 0) is 29.0 Å². The molecule has 0 saturated carbocycles. The molecule has 116 valence electrons. The lowest BCUT2D eigenvalue weighted by Crippen LogP contribution is -2.52. The fraction of sp³-hybridized carbons (Fsp3) is 0.375. The molecule has 0 bridgehead atoms. The van der Waals surface area contributed by atoms with E-state index in [1.54, 1.807) is 16.4 Å². The molecular formula is C16H18N2O2S2. The summed E-state index contributed by atoms with van der Waals surface area (Å²) in [6.07, 6.45) is 1.06. The van der Waals surface area contributed by atoms with Crippen LogP contribution in [-0.4, -0.2) is 43.8 Å². The van der Waals surface area contributed by atoms with Crippen molar-refractivity contribution in [3.8, 4) is 0 Å². The van der Waals surface area contributed by atoms with Gasteiger partial charge in [0.2, 0.25) is 0 Å². The van der Waals surface area contributed by atoms with Gasteiger partial charge in [-0.1, -0.05) is 30.3 Å². The van der Waals surface area contributed by atoms with Gasteiger partial charge in [0.15, 0.2) is 0 Å². The van der Waals surface area contributed by atoms with Crippen LogP contribution in [0.15, 0.2) is 46.0 Å². The smallest absolute Gasteiger partial charge is 0.252 e. The van der Waals surface area contributed by atoms with E-state index in [9.17, 15) is 8.42 Å². The Labute approximate surface area is 135 Å². The van der Waals surface area contributed by atoms with Gasteiger partial charge < -0.3 is 0 Å². The number of piperazine rings is 1. The number of thiophene rings is 1. The number of sulfonamides is 1. The molecule has 2 aliphatic rings. The van der Waals surface area contributed by atoms with Gasteiger partial charge in [-0.15, -0.1) is 11.3 Å². The van der Waals surface area contributed by atoms with E-state index in [-0.39, 0.29) is 6.04 Å². The largest absolute Gasteiger partial charge is 0.293 e. The maximum absolute atomic E-state index is 12.8. The van der Waals surface area contributed by atoms with Crippen LogP contribution in [0.4, 0.5) is 0 Å². The van der Waals surface area contributed by atoms with Crippen LogP contribution in [0.1, 0.15) is 17.2 Å². The highest BCUT2D eigenvalue weighted by Crippen LogP contribution is 2.34. The summed E-state index contributed by atoms with van der Waals surface area (Å²) in [5.74, 6) is 0. The van der Waals surface area contributed by atoms with E-state index in [4.69, 9.17) is 0 Å². The lowest BCUT2D eigenvalue weighted by molar-refractivity contribution is 0.109. The fourth-order valence-corrected chi connectivity index (χ4v) is 6.05. The highest BCUT2D eigenvalue weighted by atomic mass is 32.2. The molecule has 4 rings (SSSR count). The number of rotatable bonds is 2. The van der Waals surface area contributed by atoms with E-state index < -0.39 is 10.0 Å². The third-order valence-corrected chi connectivity index (χ3v) is 7.86. The van der Waals surface area contributed by atoms with Crippen LogP contribution in [0.25, 0.3) is 0 Å². The number of benzene rings is 1. The Balaban J connectivity index is 1.66. The van der Waals surface area contributed by atoms with E-state index in [0.717, 1.165) is 19.5 Å². The van der Waals surface area contributed by atoms with Crippen molar-refractivity contribution in [1.29, 1.82) is 0 Å². The second kappa shape index (κ2) is 5.45. The number of fused-ring (bicyclic) bond motifs is 3. The SMILES string of the molecule is O=S(=O)(c1cccs1)N1CCN2CCc3ccccc3C2C1. The predicted molar refractivity (Wildman–Crippen MR) is 87.5 cm³/mol. The lowest BCUT2D eigenvalue weighted by Gasteiger charge is -2.44. The van der Waals surface area contributed by atoms with Crippen LogP contribution >= 0.6 is 11.3 Å². The van der Waals surface area contributed by atoms with Crippen molar-refractivity contribution in [2.24, 2.45) is 0 Å². The monoisotopic (exact) mass is 334 g/mol. The highest BCUT2D eigenvalue weighted by Gasteiger charge is 2.37. The van der Waals surface area contributed by atoms with Crippen molar-refractivity contribution in [3.63, 3.8) is 0 Å². The molecule has 1 fully saturated rings. The first-order chi connectivity index (χ1) is 10.7.